The monoisotopic (exact) mass is 291 g/mol. The van der Waals surface area contributed by atoms with E-state index in [9.17, 15) is 0 Å². The van der Waals surface area contributed by atoms with Crippen LogP contribution in [0.3, 0.4) is 0 Å². The van der Waals surface area contributed by atoms with Crippen LogP contribution in [0.15, 0.2) is 91.0 Å². The van der Waals surface area contributed by atoms with Gasteiger partial charge in [0.2, 0.25) is 0 Å². The molecule has 0 nitrogen and oxygen atoms in total. The van der Waals surface area contributed by atoms with Crippen molar-refractivity contribution in [3.63, 3.8) is 0 Å². The third-order valence-electron chi connectivity index (χ3n) is 4.17. The van der Waals surface area contributed by atoms with Crippen molar-refractivity contribution in [2.24, 2.45) is 0 Å². The number of rotatable bonds is 4. The van der Waals surface area contributed by atoms with Crippen LogP contribution in [0.4, 0.5) is 0 Å². The van der Waals surface area contributed by atoms with Gasteiger partial charge in [0.05, 0.1) is 0 Å². The zero-order chi connectivity index (χ0) is 14.5. The molecule has 0 spiro atoms. The van der Waals surface area contributed by atoms with Gasteiger partial charge in [0.1, 0.15) is 0 Å². The molecule has 0 saturated carbocycles. The van der Waals surface area contributed by atoms with Crippen LogP contribution in [0.2, 0.25) is 0 Å². The van der Waals surface area contributed by atoms with Gasteiger partial charge in [-0.15, -0.1) is 0 Å². The van der Waals surface area contributed by atoms with Gasteiger partial charge in [0, 0.05) is 0 Å². The van der Waals surface area contributed by atoms with Gasteiger partial charge in [0.25, 0.3) is 0 Å². The molecule has 0 aliphatic rings. The summed E-state index contributed by atoms with van der Waals surface area (Å²) in [4.78, 5) is 0. The Bertz CT molecular complexity index is 578. The Morgan fingerprint density at radius 1 is 0.524 bits per heavy atom. The topological polar surface area (TPSA) is 0 Å². The van der Waals surface area contributed by atoms with Crippen LogP contribution >= 0.6 is 7.26 Å². The molecule has 0 unspecified atom stereocenters. The molecule has 0 aromatic heterocycles. The van der Waals surface area contributed by atoms with Crippen LogP contribution in [0.25, 0.3) is 0 Å². The first kappa shape index (κ1) is 14.0. The molecule has 3 rings (SSSR count). The molecule has 0 saturated heterocycles. The third kappa shape index (κ3) is 2.52. The summed E-state index contributed by atoms with van der Waals surface area (Å²) in [6, 6.07) is 32.6. The predicted octanol–water partition coefficient (Wildman–Crippen LogP) is 3.55. The van der Waals surface area contributed by atoms with Gasteiger partial charge >= 0.3 is 127 Å². The Labute approximate surface area is 127 Å². The first-order valence-corrected chi connectivity index (χ1v) is 9.54. The van der Waals surface area contributed by atoms with Crippen molar-refractivity contribution in [1.29, 1.82) is 0 Å². The molecular weight excluding hydrogens is 271 g/mol. The van der Waals surface area contributed by atoms with Crippen LogP contribution < -0.4 is 15.9 Å². The van der Waals surface area contributed by atoms with Crippen molar-refractivity contribution < 1.29 is 0 Å². The van der Waals surface area contributed by atoms with E-state index in [1.807, 2.05) is 0 Å². The van der Waals surface area contributed by atoms with Crippen molar-refractivity contribution in [2.75, 3.05) is 6.16 Å². The fraction of sp³-hybridized carbons (Fsp3) is 0.0500. The van der Waals surface area contributed by atoms with E-state index in [0.29, 0.717) is 0 Å². The maximum atomic E-state index is 4.35. The predicted molar refractivity (Wildman–Crippen MR) is 96.8 cm³/mol. The molecule has 1 heteroatoms. The summed E-state index contributed by atoms with van der Waals surface area (Å²) < 4.78 is 0. The van der Waals surface area contributed by atoms with Crippen molar-refractivity contribution in [3.05, 3.63) is 97.9 Å². The Kier molecular flexibility index (Phi) is 4.18. The standard InChI is InChI=1S/C20H20P/c1-2-21(18-12-6-3-7-13-18,19-14-8-4-9-15-19)20-16-10-5-11-17-20/h3-17,21H,1-2H2. The molecule has 1 radical (unpaired) electrons. The second kappa shape index (κ2) is 6.24. The minimum atomic E-state index is -2.01. The molecule has 21 heavy (non-hydrogen) atoms. The second-order valence-electron chi connectivity index (χ2n) is 5.25. The summed E-state index contributed by atoms with van der Waals surface area (Å²) in [7, 11) is -2.01. The fourth-order valence-electron chi connectivity index (χ4n) is 3.10. The molecule has 3 aromatic carbocycles. The van der Waals surface area contributed by atoms with Gasteiger partial charge in [-0.2, -0.15) is 0 Å². The summed E-state index contributed by atoms with van der Waals surface area (Å²) >= 11 is 0. The van der Waals surface area contributed by atoms with E-state index in [2.05, 4.69) is 97.9 Å². The van der Waals surface area contributed by atoms with Gasteiger partial charge in [-0.3, -0.25) is 0 Å². The van der Waals surface area contributed by atoms with E-state index >= 15 is 0 Å². The van der Waals surface area contributed by atoms with E-state index in [0.717, 1.165) is 6.16 Å². The van der Waals surface area contributed by atoms with Crippen molar-refractivity contribution in [1.82, 2.24) is 0 Å². The van der Waals surface area contributed by atoms with Crippen LogP contribution in [0.1, 0.15) is 0 Å². The van der Waals surface area contributed by atoms with E-state index in [4.69, 9.17) is 0 Å². The Balaban J connectivity index is 2.29. The number of hydrogen-bond acceptors (Lipinski definition) is 0. The molecule has 0 amide bonds. The van der Waals surface area contributed by atoms with Crippen molar-refractivity contribution >= 4 is 23.2 Å². The van der Waals surface area contributed by atoms with Crippen LogP contribution in [0, 0.1) is 6.92 Å². The maximum absolute atomic E-state index is 4.35. The van der Waals surface area contributed by atoms with Gasteiger partial charge in [-0.1, -0.05) is 0 Å². The molecule has 0 fully saturated rings. The summed E-state index contributed by atoms with van der Waals surface area (Å²) in [5.41, 5.74) is 0. The van der Waals surface area contributed by atoms with E-state index in [1.165, 1.54) is 15.9 Å². The van der Waals surface area contributed by atoms with E-state index in [-0.39, 0.29) is 0 Å². The minimum absolute atomic E-state index is 0.922. The summed E-state index contributed by atoms with van der Waals surface area (Å²) in [5, 5.41) is 4.28. The van der Waals surface area contributed by atoms with Gasteiger partial charge in [0.15, 0.2) is 0 Å². The van der Waals surface area contributed by atoms with Crippen molar-refractivity contribution in [3.8, 4) is 0 Å². The number of hydrogen-bond donors (Lipinski definition) is 0. The molecule has 0 heterocycles. The Hall–Kier alpha value is -1.91. The molecule has 0 aliphatic carbocycles. The van der Waals surface area contributed by atoms with Crippen LogP contribution in [-0.4, -0.2) is 6.16 Å². The van der Waals surface area contributed by atoms with Gasteiger partial charge in [-0.25, -0.2) is 0 Å². The first-order chi connectivity index (χ1) is 10.4. The molecule has 105 valence electrons. The molecule has 0 bridgehead atoms. The van der Waals surface area contributed by atoms with Crippen LogP contribution in [0.5, 0.6) is 0 Å². The van der Waals surface area contributed by atoms with E-state index < -0.39 is 7.26 Å². The zero-order valence-corrected chi connectivity index (χ0v) is 13.1. The van der Waals surface area contributed by atoms with Gasteiger partial charge < -0.3 is 0 Å². The molecule has 0 N–H and O–H groups in total. The average molecular weight is 291 g/mol. The SMILES string of the molecule is [CH2]C[PH](c1ccccc1)(c1ccccc1)c1ccccc1. The van der Waals surface area contributed by atoms with Crippen molar-refractivity contribution in [2.45, 2.75) is 0 Å². The Morgan fingerprint density at radius 2 is 0.810 bits per heavy atom. The third-order valence-corrected chi connectivity index (χ3v) is 8.88. The second-order valence-corrected chi connectivity index (χ2v) is 9.30. The first-order valence-electron chi connectivity index (χ1n) is 7.34. The number of benzene rings is 3. The zero-order valence-electron chi connectivity index (χ0n) is 12.1. The van der Waals surface area contributed by atoms with Crippen LogP contribution in [-0.2, 0) is 0 Å². The van der Waals surface area contributed by atoms with E-state index in [1.54, 1.807) is 0 Å². The summed E-state index contributed by atoms with van der Waals surface area (Å²) in [6.07, 6.45) is 0.922. The summed E-state index contributed by atoms with van der Waals surface area (Å²) in [5.74, 6) is 0. The quantitative estimate of drug-likeness (QED) is 0.645. The average Bonchev–Trinajstić information content (AvgIpc) is 2.59. The normalized spacial score (nSPS) is 12.0. The Morgan fingerprint density at radius 3 is 1.05 bits per heavy atom. The van der Waals surface area contributed by atoms with Gasteiger partial charge in [-0.05, 0) is 0 Å². The molecule has 0 aliphatic heterocycles. The molecular formula is C20H20P. The molecule has 0 atom stereocenters. The fourth-order valence-corrected chi connectivity index (χ4v) is 7.25. The molecule has 3 aromatic rings. The summed E-state index contributed by atoms with van der Waals surface area (Å²) in [6.45, 7) is 4.35.